The number of nitrogens with zero attached hydrogens (tertiary/aromatic N) is 6. The molecule has 0 radical (unpaired) electrons. The summed E-state index contributed by atoms with van der Waals surface area (Å²) in [5.74, 6) is 1.71. The fourth-order valence-corrected chi connectivity index (χ4v) is 3.87. The molecule has 1 saturated heterocycles. The molecule has 4 rings (SSSR count). The maximum atomic E-state index is 12.6. The molecule has 0 spiro atoms. The topological polar surface area (TPSA) is 76.4 Å². The minimum atomic E-state index is 0.211. The van der Waals surface area contributed by atoms with Crippen LogP contribution in [0.5, 0.6) is 5.75 Å². The fourth-order valence-electron chi connectivity index (χ4n) is 3.87. The van der Waals surface area contributed by atoms with Crippen LogP contribution < -0.4 is 4.74 Å². The zero-order chi connectivity index (χ0) is 22.2. The van der Waals surface area contributed by atoms with Crippen LogP contribution in [0.25, 0.3) is 11.4 Å². The molecule has 0 bridgehead atoms. The number of methoxy groups -OCH3 is 1. The third kappa shape index (κ3) is 5.91. The molecule has 0 atom stereocenters. The van der Waals surface area contributed by atoms with Crippen molar-refractivity contribution in [2.24, 2.45) is 0 Å². The van der Waals surface area contributed by atoms with Crippen LogP contribution in [-0.4, -0.2) is 75.7 Å². The van der Waals surface area contributed by atoms with Crippen molar-refractivity contribution in [1.29, 1.82) is 0 Å². The number of aryl methyl sites for hydroxylation is 1. The van der Waals surface area contributed by atoms with E-state index >= 15 is 0 Å². The summed E-state index contributed by atoms with van der Waals surface area (Å²) in [4.78, 5) is 18.6. The highest BCUT2D eigenvalue weighted by molar-refractivity contribution is 5.76. The van der Waals surface area contributed by atoms with Gasteiger partial charge in [-0.15, -0.1) is 10.2 Å². The average molecular weight is 435 g/mol. The van der Waals surface area contributed by atoms with Crippen LogP contribution in [0.2, 0.25) is 0 Å². The SMILES string of the molecule is COc1ccc(CCN2CCN(C(=O)CCCn3nnc(-c4ccccc4)n3)CC2)cc1. The normalized spacial score (nSPS) is 14.5. The molecule has 0 saturated carbocycles. The molecule has 0 N–H and O–H groups in total. The van der Waals surface area contributed by atoms with E-state index in [9.17, 15) is 4.79 Å². The zero-order valence-corrected chi connectivity index (χ0v) is 18.6. The third-order valence-corrected chi connectivity index (χ3v) is 5.83. The van der Waals surface area contributed by atoms with Gasteiger partial charge in [0.15, 0.2) is 0 Å². The highest BCUT2D eigenvalue weighted by atomic mass is 16.5. The second kappa shape index (κ2) is 10.9. The number of aromatic nitrogens is 4. The van der Waals surface area contributed by atoms with Gasteiger partial charge in [-0.25, -0.2) is 0 Å². The lowest BCUT2D eigenvalue weighted by Crippen LogP contribution is -2.49. The van der Waals surface area contributed by atoms with Gasteiger partial charge in [-0.1, -0.05) is 42.5 Å². The smallest absolute Gasteiger partial charge is 0.222 e. The van der Waals surface area contributed by atoms with E-state index in [1.807, 2.05) is 47.4 Å². The van der Waals surface area contributed by atoms with Crippen LogP contribution in [0.15, 0.2) is 54.6 Å². The standard InChI is InChI=1S/C24H30N6O2/c1-32-22-11-9-20(10-12-22)13-15-28-16-18-29(19-17-28)23(31)8-5-14-30-26-24(25-27-30)21-6-3-2-4-7-21/h2-4,6-7,9-12H,5,8,13-19H2,1H3. The largest absolute Gasteiger partial charge is 0.497 e. The summed E-state index contributed by atoms with van der Waals surface area (Å²) in [6, 6.07) is 18.0. The lowest BCUT2D eigenvalue weighted by molar-refractivity contribution is -0.133. The molecule has 8 nitrogen and oxygen atoms in total. The summed E-state index contributed by atoms with van der Waals surface area (Å²) >= 11 is 0. The molecule has 1 amide bonds. The van der Waals surface area contributed by atoms with E-state index < -0.39 is 0 Å². The van der Waals surface area contributed by atoms with Crippen molar-refractivity contribution in [3.05, 3.63) is 60.2 Å². The van der Waals surface area contributed by atoms with Gasteiger partial charge in [0.05, 0.1) is 13.7 Å². The Morgan fingerprint density at radius 2 is 1.72 bits per heavy atom. The van der Waals surface area contributed by atoms with Crippen molar-refractivity contribution >= 4 is 5.91 Å². The highest BCUT2D eigenvalue weighted by Gasteiger charge is 2.20. The van der Waals surface area contributed by atoms with Crippen LogP contribution in [0.1, 0.15) is 18.4 Å². The number of hydrogen-bond acceptors (Lipinski definition) is 6. The van der Waals surface area contributed by atoms with E-state index in [0.717, 1.165) is 50.5 Å². The van der Waals surface area contributed by atoms with Crippen molar-refractivity contribution in [1.82, 2.24) is 30.0 Å². The maximum Gasteiger partial charge on any atom is 0.222 e. The first-order valence-electron chi connectivity index (χ1n) is 11.2. The predicted molar refractivity (Wildman–Crippen MR) is 122 cm³/mol. The van der Waals surface area contributed by atoms with Crippen molar-refractivity contribution < 1.29 is 9.53 Å². The summed E-state index contributed by atoms with van der Waals surface area (Å²) in [6.07, 6.45) is 2.23. The molecule has 1 fully saturated rings. The predicted octanol–water partition coefficient (Wildman–Crippen LogP) is 2.52. The molecule has 0 unspecified atom stereocenters. The first-order valence-corrected chi connectivity index (χ1v) is 11.2. The lowest BCUT2D eigenvalue weighted by Gasteiger charge is -2.34. The Labute approximate surface area is 188 Å². The Bertz CT molecular complexity index is 981. The second-order valence-electron chi connectivity index (χ2n) is 8.00. The summed E-state index contributed by atoms with van der Waals surface area (Å²) in [5, 5.41) is 12.6. The number of benzene rings is 2. The van der Waals surface area contributed by atoms with E-state index in [2.05, 4.69) is 32.4 Å². The number of rotatable bonds is 9. The van der Waals surface area contributed by atoms with Gasteiger partial charge in [-0.2, -0.15) is 4.80 Å². The van der Waals surface area contributed by atoms with E-state index in [4.69, 9.17) is 4.74 Å². The molecular weight excluding hydrogens is 404 g/mol. The number of amides is 1. The number of carbonyl (C=O) groups is 1. The average Bonchev–Trinajstić information content (AvgIpc) is 3.33. The minimum Gasteiger partial charge on any atom is -0.497 e. The number of piperazine rings is 1. The summed E-state index contributed by atoms with van der Waals surface area (Å²) in [5.41, 5.74) is 2.25. The van der Waals surface area contributed by atoms with Crippen LogP contribution in [0.4, 0.5) is 0 Å². The van der Waals surface area contributed by atoms with Crippen LogP contribution in [0, 0.1) is 0 Å². The monoisotopic (exact) mass is 434 g/mol. The molecule has 3 aromatic rings. The first kappa shape index (κ1) is 22.0. The summed E-state index contributed by atoms with van der Waals surface area (Å²) < 4.78 is 5.21. The molecule has 1 aliphatic heterocycles. The summed E-state index contributed by atoms with van der Waals surface area (Å²) in [7, 11) is 1.68. The van der Waals surface area contributed by atoms with E-state index in [-0.39, 0.29) is 5.91 Å². The quantitative estimate of drug-likeness (QED) is 0.515. The Morgan fingerprint density at radius 3 is 2.44 bits per heavy atom. The number of ether oxygens (including phenoxy) is 1. The molecule has 1 aromatic heterocycles. The fraction of sp³-hybridized carbons (Fsp3) is 0.417. The summed E-state index contributed by atoms with van der Waals surface area (Å²) in [6.45, 7) is 5.03. The van der Waals surface area contributed by atoms with Gasteiger partial charge in [0.1, 0.15) is 5.75 Å². The van der Waals surface area contributed by atoms with Crippen molar-refractivity contribution in [3.8, 4) is 17.1 Å². The van der Waals surface area contributed by atoms with Gasteiger partial charge in [-0.05, 0) is 35.8 Å². The second-order valence-corrected chi connectivity index (χ2v) is 8.00. The Balaban J connectivity index is 1.14. The minimum absolute atomic E-state index is 0.211. The lowest BCUT2D eigenvalue weighted by atomic mass is 10.1. The Morgan fingerprint density at radius 1 is 0.969 bits per heavy atom. The van der Waals surface area contributed by atoms with Crippen molar-refractivity contribution in [3.63, 3.8) is 0 Å². The molecule has 0 aliphatic carbocycles. The van der Waals surface area contributed by atoms with Crippen LogP contribution >= 0.6 is 0 Å². The first-order chi connectivity index (χ1) is 15.7. The van der Waals surface area contributed by atoms with Crippen molar-refractivity contribution in [2.45, 2.75) is 25.8 Å². The van der Waals surface area contributed by atoms with Gasteiger partial charge in [0.25, 0.3) is 0 Å². The molecule has 168 valence electrons. The van der Waals surface area contributed by atoms with E-state index in [1.165, 1.54) is 5.56 Å². The van der Waals surface area contributed by atoms with Gasteiger partial charge in [0, 0.05) is 44.7 Å². The van der Waals surface area contributed by atoms with Gasteiger partial charge in [0.2, 0.25) is 11.7 Å². The number of carbonyl (C=O) groups excluding carboxylic acids is 1. The highest BCUT2D eigenvalue weighted by Crippen LogP contribution is 2.14. The molecule has 32 heavy (non-hydrogen) atoms. The maximum absolute atomic E-state index is 12.6. The van der Waals surface area contributed by atoms with Crippen LogP contribution in [0.3, 0.4) is 0 Å². The van der Waals surface area contributed by atoms with E-state index in [0.29, 0.717) is 25.2 Å². The van der Waals surface area contributed by atoms with Crippen molar-refractivity contribution in [2.75, 3.05) is 39.8 Å². The molecule has 2 heterocycles. The number of hydrogen-bond donors (Lipinski definition) is 0. The van der Waals surface area contributed by atoms with E-state index in [1.54, 1.807) is 11.9 Å². The van der Waals surface area contributed by atoms with Gasteiger partial charge in [-0.3, -0.25) is 9.69 Å². The molecular formula is C24H30N6O2. The Kier molecular flexibility index (Phi) is 7.45. The molecule has 2 aromatic carbocycles. The molecule has 8 heteroatoms. The van der Waals surface area contributed by atoms with Gasteiger partial charge >= 0.3 is 0 Å². The van der Waals surface area contributed by atoms with Gasteiger partial charge < -0.3 is 9.64 Å². The zero-order valence-electron chi connectivity index (χ0n) is 18.6. The van der Waals surface area contributed by atoms with Crippen LogP contribution in [-0.2, 0) is 17.8 Å². The third-order valence-electron chi connectivity index (χ3n) is 5.83. The molecule has 1 aliphatic rings. The Hall–Kier alpha value is -3.26. The number of tetrazole rings is 1.